The molecular weight excluding hydrogens is 379 g/mol. The summed E-state index contributed by atoms with van der Waals surface area (Å²) in [5.74, 6) is 0. The highest BCUT2D eigenvalue weighted by molar-refractivity contribution is 5.83. The van der Waals surface area contributed by atoms with Crippen molar-refractivity contribution in [2.24, 2.45) is 0 Å². The summed E-state index contributed by atoms with van der Waals surface area (Å²) in [5, 5.41) is 0. The normalized spacial score (nSPS) is 13.1. The van der Waals surface area contributed by atoms with Crippen LogP contribution in [0.25, 0.3) is 11.1 Å². The van der Waals surface area contributed by atoms with Gasteiger partial charge in [0.05, 0.1) is 28.1 Å². The van der Waals surface area contributed by atoms with Gasteiger partial charge in [-0.3, -0.25) is 0 Å². The van der Waals surface area contributed by atoms with E-state index in [2.05, 4.69) is 0 Å². The Labute approximate surface area is 140 Å². The Balaban J connectivity index is 3.04. The molecule has 2 rings (SSSR count). The molecule has 142 valence electrons. The fraction of sp³-hybridized carbons (Fsp3) is 0.200. The lowest BCUT2D eigenvalue weighted by molar-refractivity contribution is -0.161. The molecule has 0 aliphatic heterocycles. The number of hydrogen-bond acceptors (Lipinski definition) is 2. The summed E-state index contributed by atoms with van der Waals surface area (Å²) in [5.41, 5.74) is -0.638. The maximum atomic E-state index is 13.4. The van der Waals surface area contributed by atoms with E-state index in [1.54, 1.807) is 0 Å². The third kappa shape index (κ3) is 3.51. The van der Waals surface area contributed by atoms with Gasteiger partial charge in [-0.05, 0) is 23.3 Å². The topological polar surface area (TPSA) is 52.0 Å². The van der Waals surface area contributed by atoms with Gasteiger partial charge in [-0.1, -0.05) is 18.2 Å². The molecule has 2 nitrogen and oxygen atoms in total. The lowest BCUT2D eigenvalue weighted by Gasteiger charge is -2.23. The van der Waals surface area contributed by atoms with Crippen molar-refractivity contribution in [1.29, 1.82) is 0 Å². The molecule has 2 aromatic carbocycles. The molecule has 0 amide bonds. The van der Waals surface area contributed by atoms with Gasteiger partial charge in [-0.2, -0.15) is 39.5 Å². The number of nitrogen functional groups attached to an aromatic ring is 2. The van der Waals surface area contributed by atoms with Gasteiger partial charge in [-0.15, -0.1) is 0 Å². The number of halogens is 9. The molecule has 2 aromatic rings. The van der Waals surface area contributed by atoms with Crippen molar-refractivity contribution in [3.05, 3.63) is 47.0 Å². The molecule has 0 spiro atoms. The predicted octanol–water partition coefficient (Wildman–Crippen LogP) is 5.57. The molecule has 0 atom stereocenters. The van der Waals surface area contributed by atoms with Gasteiger partial charge >= 0.3 is 18.5 Å². The third-order valence-electron chi connectivity index (χ3n) is 3.49. The molecule has 0 saturated carbocycles. The van der Waals surface area contributed by atoms with Crippen molar-refractivity contribution < 1.29 is 39.5 Å². The Morgan fingerprint density at radius 2 is 1.12 bits per heavy atom. The number of anilines is 2. The first-order valence-corrected chi connectivity index (χ1v) is 6.68. The van der Waals surface area contributed by atoms with E-state index in [4.69, 9.17) is 11.5 Å². The Kier molecular flexibility index (Phi) is 4.55. The lowest BCUT2D eigenvalue weighted by Crippen LogP contribution is -2.21. The van der Waals surface area contributed by atoms with Crippen molar-refractivity contribution in [1.82, 2.24) is 0 Å². The first-order valence-electron chi connectivity index (χ1n) is 6.68. The Hall–Kier alpha value is -2.59. The smallest absolute Gasteiger partial charge is 0.397 e. The first-order chi connectivity index (χ1) is 11.7. The van der Waals surface area contributed by atoms with E-state index in [0.717, 1.165) is 12.1 Å². The van der Waals surface area contributed by atoms with Gasteiger partial charge in [0.25, 0.3) is 0 Å². The molecule has 11 heteroatoms. The maximum absolute atomic E-state index is 13.4. The predicted molar refractivity (Wildman–Crippen MR) is 75.7 cm³/mol. The molecule has 0 bridgehead atoms. The number of alkyl halides is 9. The fourth-order valence-electron chi connectivity index (χ4n) is 2.49. The van der Waals surface area contributed by atoms with Crippen LogP contribution in [0, 0.1) is 0 Å². The summed E-state index contributed by atoms with van der Waals surface area (Å²) in [7, 11) is 0. The van der Waals surface area contributed by atoms with Crippen molar-refractivity contribution in [2.75, 3.05) is 11.5 Å². The second-order valence-corrected chi connectivity index (χ2v) is 5.22. The Bertz CT molecular complexity index is 833. The standard InChI is InChI=1S/C15H9F9N2/c16-13(17,18)8-4-2-1-3-6(8)7-5-9(25)12(26)11(15(22,23)24)10(7)14(19,20)21/h1-5H,25-26H2. The summed E-state index contributed by atoms with van der Waals surface area (Å²) < 4.78 is 119. The van der Waals surface area contributed by atoms with Gasteiger partial charge in [0.2, 0.25) is 0 Å². The second kappa shape index (κ2) is 5.99. The first kappa shape index (κ1) is 19.7. The zero-order valence-electron chi connectivity index (χ0n) is 12.4. The fourth-order valence-corrected chi connectivity index (χ4v) is 2.49. The minimum absolute atomic E-state index is 0.359. The van der Waals surface area contributed by atoms with Crippen LogP contribution in [0.1, 0.15) is 16.7 Å². The van der Waals surface area contributed by atoms with E-state index < -0.39 is 57.7 Å². The van der Waals surface area contributed by atoms with Gasteiger partial charge in [0, 0.05) is 0 Å². The summed E-state index contributed by atoms with van der Waals surface area (Å²) in [4.78, 5) is 0. The van der Waals surface area contributed by atoms with Crippen LogP contribution < -0.4 is 11.5 Å². The van der Waals surface area contributed by atoms with Crippen LogP contribution in [-0.4, -0.2) is 0 Å². The Morgan fingerprint density at radius 1 is 0.615 bits per heavy atom. The van der Waals surface area contributed by atoms with Crippen LogP contribution in [-0.2, 0) is 18.5 Å². The summed E-state index contributed by atoms with van der Waals surface area (Å²) in [6, 6.07) is 3.30. The van der Waals surface area contributed by atoms with Crippen LogP contribution in [0.2, 0.25) is 0 Å². The highest BCUT2D eigenvalue weighted by Crippen LogP contribution is 2.51. The minimum Gasteiger partial charge on any atom is -0.397 e. The van der Waals surface area contributed by atoms with E-state index >= 15 is 0 Å². The molecule has 0 fully saturated rings. The molecule has 0 unspecified atom stereocenters. The molecule has 0 aliphatic carbocycles. The molecule has 0 radical (unpaired) electrons. The monoisotopic (exact) mass is 388 g/mol. The van der Waals surface area contributed by atoms with Crippen LogP contribution >= 0.6 is 0 Å². The quantitative estimate of drug-likeness (QED) is 0.495. The van der Waals surface area contributed by atoms with Crippen molar-refractivity contribution in [3.63, 3.8) is 0 Å². The molecule has 4 N–H and O–H groups in total. The zero-order valence-corrected chi connectivity index (χ0v) is 12.4. The van der Waals surface area contributed by atoms with Crippen LogP contribution in [0.5, 0.6) is 0 Å². The summed E-state index contributed by atoms with van der Waals surface area (Å²) in [6.45, 7) is 0. The minimum atomic E-state index is -5.64. The zero-order chi connectivity index (χ0) is 20.1. The summed E-state index contributed by atoms with van der Waals surface area (Å²) in [6.07, 6.45) is -16.3. The molecule has 0 saturated heterocycles. The van der Waals surface area contributed by atoms with Gasteiger partial charge < -0.3 is 11.5 Å². The lowest BCUT2D eigenvalue weighted by atomic mass is 9.89. The van der Waals surface area contributed by atoms with E-state index in [1.807, 2.05) is 0 Å². The van der Waals surface area contributed by atoms with Crippen molar-refractivity contribution >= 4 is 11.4 Å². The maximum Gasteiger partial charge on any atom is 0.419 e. The molecule has 0 aliphatic rings. The van der Waals surface area contributed by atoms with E-state index in [9.17, 15) is 39.5 Å². The van der Waals surface area contributed by atoms with E-state index in [0.29, 0.717) is 18.2 Å². The van der Waals surface area contributed by atoms with Crippen LogP contribution in [0.4, 0.5) is 50.9 Å². The number of nitrogens with two attached hydrogens (primary N) is 2. The van der Waals surface area contributed by atoms with E-state index in [-0.39, 0.29) is 0 Å². The average molecular weight is 388 g/mol. The largest absolute Gasteiger partial charge is 0.419 e. The number of benzene rings is 2. The van der Waals surface area contributed by atoms with Gasteiger partial charge in [-0.25, -0.2) is 0 Å². The van der Waals surface area contributed by atoms with Gasteiger partial charge in [0.15, 0.2) is 0 Å². The van der Waals surface area contributed by atoms with E-state index in [1.165, 1.54) is 0 Å². The van der Waals surface area contributed by atoms with Crippen molar-refractivity contribution in [2.45, 2.75) is 18.5 Å². The second-order valence-electron chi connectivity index (χ2n) is 5.22. The molecular formula is C15H9F9N2. The summed E-state index contributed by atoms with van der Waals surface area (Å²) >= 11 is 0. The highest BCUT2D eigenvalue weighted by atomic mass is 19.4. The average Bonchev–Trinajstić information content (AvgIpc) is 2.46. The SMILES string of the molecule is Nc1cc(-c2ccccc2C(F)(F)F)c(C(F)(F)F)c(C(F)(F)F)c1N. The Morgan fingerprint density at radius 3 is 1.58 bits per heavy atom. The molecule has 0 heterocycles. The van der Waals surface area contributed by atoms with Crippen LogP contribution in [0.15, 0.2) is 30.3 Å². The molecule has 26 heavy (non-hydrogen) atoms. The third-order valence-corrected chi connectivity index (χ3v) is 3.49. The van der Waals surface area contributed by atoms with Crippen molar-refractivity contribution in [3.8, 4) is 11.1 Å². The highest BCUT2D eigenvalue weighted by Gasteiger charge is 2.48. The van der Waals surface area contributed by atoms with Gasteiger partial charge in [0.1, 0.15) is 0 Å². The number of hydrogen-bond donors (Lipinski definition) is 2. The number of rotatable bonds is 1. The van der Waals surface area contributed by atoms with Crippen LogP contribution in [0.3, 0.4) is 0 Å². The molecule has 0 aromatic heterocycles.